The zero-order chi connectivity index (χ0) is 24.6. The van der Waals surface area contributed by atoms with Gasteiger partial charge < -0.3 is 0 Å². The van der Waals surface area contributed by atoms with Crippen LogP contribution < -0.4 is 0 Å². The Morgan fingerprint density at radius 3 is 1.77 bits per heavy atom. The highest BCUT2D eigenvalue weighted by Gasteiger charge is 2.08. The maximum Gasteiger partial charge on any atom is 0.0633 e. The van der Waals surface area contributed by atoms with Crippen molar-refractivity contribution >= 4 is 17.0 Å². The Morgan fingerprint density at radius 2 is 1.17 bits per heavy atom. The molecular formula is C34H29N. The maximum absolute atomic E-state index is 4.88. The van der Waals surface area contributed by atoms with E-state index in [0.717, 1.165) is 44.8 Å². The summed E-state index contributed by atoms with van der Waals surface area (Å²) in [6, 6.07) is 35.6. The van der Waals surface area contributed by atoms with E-state index in [9.17, 15) is 0 Å². The topological polar surface area (TPSA) is 12.4 Å². The quantitative estimate of drug-likeness (QED) is 0.187. The second-order valence-electron chi connectivity index (χ2n) is 8.37. The molecule has 0 amide bonds. The van der Waals surface area contributed by atoms with Gasteiger partial charge in [0.15, 0.2) is 0 Å². The van der Waals surface area contributed by atoms with E-state index in [1.165, 1.54) is 11.1 Å². The van der Waals surface area contributed by atoms with Gasteiger partial charge in [-0.05, 0) is 69.6 Å². The smallest absolute Gasteiger partial charge is 0.0633 e. The molecule has 0 heterocycles. The molecule has 0 N–H and O–H groups in total. The summed E-state index contributed by atoms with van der Waals surface area (Å²) in [7, 11) is 0. The molecule has 0 aliphatic rings. The second-order valence-corrected chi connectivity index (χ2v) is 8.37. The lowest BCUT2D eigenvalue weighted by molar-refractivity contribution is 1.47. The largest absolute Gasteiger partial charge is 0.253 e. The van der Waals surface area contributed by atoms with Crippen LogP contribution in [0.3, 0.4) is 0 Å². The van der Waals surface area contributed by atoms with Crippen LogP contribution in [0.5, 0.6) is 0 Å². The van der Waals surface area contributed by atoms with E-state index in [1.54, 1.807) is 6.08 Å². The van der Waals surface area contributed by atoms with Gasteiger partial charge in [0.1, 0.15) is 0 Å². The molecule has 4 aromatic carbocycles. The fourth-order valence-corrected chi connectivity index (χ4v) is 3.92. The van der Waals surface area contributed by atoms with Gasteiger partial charge in [-0.2, -0.15) is 0 Å². The molecular weight excluding hydrogens is 422 g/mol. The van der Waals surface area contributed by atoms with E-state index in [0.29, 0.717) is 0 Å². The van der Waals surface area contributed by atoms with Crippen molar-refractivity contribution in [3.8, 4) is 22.3 Å². The Morgan fingerprint density at radius 1 is 0.629 bits per heavy atom. The number of nitrogens with zero attached hydrogens (tertiary/aromatic N) is 1. The molecule has 4 rings (SSSR count). The highest BCUT2D eigenvalue weighted by Crippen LogP contribution is 2.28. The van der Waals surface area contributed by atoms with Gasteiger partial charge in [-0.3, -0.25) is 4.99 Å². The third-order valence-electron chi connectivity index (χ3n) is 5.89. The molecule has 0 aliphatic heterocycles. The van der Waals surface area contributed by atoms with Crippen LogP contribution in [0.4, 0.5) is 0 Å². The molecule has 4 aromatic rings. The van der Waals surface area contributed by atoms with Crippen molar-refractivity contribution in [3.63, 3.8) is 0 Å². The lowest BCUT2D eigenvalue weighted by Gasteiger charge is -2.12. The molecule has 0 radical (unpaired) electrons. The SMILES string of the molecule is C=C/C=C\C(=C)c1cc(C(C)=NC(=C)c2ccc(-c3ccccc3)cc2)cc(-c2ccccc2)c1. The van der Waals surface area contributed by atoms with Crippen LogP contribution in [0.25, 0.3) is 33.5 Å². The first kappa shape index (κ1) is 23.7. The minimum atomic E-state index is 0.735. The molecule has 0 unspecified atom stereocenters. The van der Waals surface area contributed by atoms with Crippen molar-refractivity contribution < 1.29 is 0 Å². The number of hydrogen-bond donors (Lipinski definition) is 0. The summed E-state index contributed by atoms with van der Waals surface area (Å²) in [5, 5.41) is 0. The number of allylic oxidation sites excluding steroid dienone is 4. The molecule has 0 bridgehead atoms. The van der Waals surface area contributed by atoms with Crippen LogP contribution in [0, 0.1) is 0 Å². The first-order valence-electron chi connectivity index (χ1n) is 11.6. The number of benzene rings is 4. The first-order chi connectivity index (χ1) is 17.0. The molecule has 0 aromatic heterocycles. The van der Waals surface area contributed by atoms with Crippen molar-refractivity contribution in [2.75, 3.05) is 0 Å². The van der Waals surface area contributed by atoms with Crippen LogP contribution >= 0.6 is 0 Å². The van der Waals surface area contributed by atoms with Gasteiger partial charge in [-0.25, -0.2) is 0 Å². The average molecular weight is 452 g/mol. The van der Waals surface area contributed by atoms with Gasteiger partial charge in [0, 0.05) is 5.71 Å². The molecule has 0 saturated heterocycles. The van der Waals surface area contributed by atoms with Crippen molar-refractivity contribution in [1.82, 2.24) is 0 Å². The summed E-state index contributed by atoms with van der Waals surface area (Å²) in [6.45, 7) is 14.3. The molecule has 0 fully saturated rings. The summed E-state index contributed by atoms with van der Waals surface area (Å²) in [5.41, 5.74) is 10.3. The van der Waals surface area contributed by atoms with Gasteiger partial charge >= 0.3 is 0 Å². The number of aliphatic imine (C=N–C) groups is 1. The summed E-state index contributed by atoms with van der Waals surface area (Å²) < 4.78 is 0. The predicted octanol–water partition coefficient (Wildman–Crippen LogP) is 9.26. The Labute approximate surface area is 208 Å². The number of rotatable bonds is 8. The molecule has 0 atom stereocenters. The van der Waals surface area contributed by atoms with E-state index in [2.05, 4.69) is 111 Å². The van der Waals surface area contributed by atoms with Crippen LogP contribution in [0.2, 0.25) is 0 Å². The third kappa shape index (κ3) is 5.90. The van der Waals surface area contributed by atoms with Gasteiger partial charge in [0.05, 0.1) is 5.70 Å². The Balaban J connectivity index is 1.66. The van der Waals surface area contributed by atoms with Crippen molar-refractivity contribution in [3.05, 3.63) is 158 Å². The molecule has 1 nitrogen and oxygen atoms in total. The van der Waals surface area contributed by atoms with E-state index < -0.39 is 0 Å². The molecule has 0 aliphatic carbocycles. The fraction of sp³-hybridized carbons (Fsp3) is 0.0294. The number of hydrogen-bond acceptors (Lipinski definition) is 1. The van der Waals surface area contributed by atoms with Gasteiger partial charge in [-0.1, -0.05) is 123 Å². The fourth-order valence-electron chi connectivity index (χ4n) is 3.92. The predicted molar refractivity (Wildman–Crippen MR) is 153 cm³/mol. The van der Waals surface area contributed by atoms with Gasteiger partial charge in [0.2, 0.25) is 0 Å². The second kappa shape index (κ2) is 11.1. The lowest BCUT2D eigenvalue weighted by atomic mass is 9.95. The molecule has 170 valence electrons. The monoisotopic (exact) mass is 451 g/mol. The van der Waals surface area contributed by atoms with E-state index in [4.69, 9.17) is 4.99 Å². The van der Waals surface area contributed by atoms with Crippen LogP contribution in [-0.4, -0.2) is 5.71 Å². The average Bonchev–Trinajstić information content (AvgIpc) is 2.92. The zero-order valence-electron chi connectivity index (χ0n) is 20.1. The lowest BCUT2D eigenvalue weighted by Crippen LogP contribution is -1.98. The van der Waals surface area contributed by atoms with Gasteiger partial charge in [0.25, 0.3) is 0 Å². The molecule has 0 saturated carbocycles. The van der Waals surface area contributed by atoms with Crippen molar-refractivity contribution in [2.24, 2.45) is 4.99 Å². The Kier molecular flexibility index (Phi) is 7.50. The summed E-state index contributed by atoms with van der Waals surface area (Å²) in [5.74, 6) is 0. The standard InChI is InChI=1S/C34H29N/c1-5-6-13-25(2)32-22-33(24-34(23-32)30-16-11-8-12-17-30)27(4)35-26(3)28-18-20-31(21-19-28)29-14-9-7-10-15-29/h5-24H,1-3H2,4H3/b13-6-,35-27?. The minimum absolute atomic E-state index is 0.735. The normalized spacial score (nSPS) is 11.4. The minimum Gasteiger partial charge on any atom is -0.253 e. The van der Waals surface area contributed by atoms with E-state index >= 15 is 0 Å². The van der Waals surface area contributed by atoms with Crippen LogP contribution in [0.15, 0.2) is 146 Å². The zero-order valence-corrected chi connectivity index (χ0v) is 20.1. The third-order valence-corrected chi connectivity index (χ3v) is 5.89. The van der Waals surface area contributed by atoms with E-state index in [1.807, 2.05) is 31.2 Å². The van der Waals surface area contributed by atoms with E-state index in [-0.39, 0.29) is 0 Å². The van der Waals surface area contributed by atoms with Crippen LogP contribution in [-0.2, 0) is 0 Å². The highest BCUT2D eigenvalue weighted by molar-refractivity contribution is 6.03. The maximum atomic E-state index is 4.88. The molecule has 1 heteroatoms. The summed E-state index contributed by atoms with van der Waals surface area (Å²) >= 11 is 0. The van der Waals surface area contributed by atoms with Crippen molar-refractivity contribution in [1.29, 1.82) is 0 Å². The Hall–Kier alpha value is -4.49. The van der Waals surface area contributed by atoms with Crippen LogP contribution in [0.1, 0.15) is 23.6 Å². The Bertz CT molecular complexity index is 1400. The van der Waals surface area contributed by atoms with Gasteiger partial charge in [-0.15, -0.1) is 0 Å². The van der Waals surface area contributed by atoms with Crippen molar-refractivity contribution in [2.45, 2.75) is 6.92 Å². The first-order valence-corrected chi connectivity index (χ1v) is 11.6. The molecule has 0 spiro atoms. The summed E-state index contributed by atoms with van der Waals surface area (Å²) in [4.78, 5) is 4.88. The molecule has 35 heavy (non-hydrogen) atoms. The summed E-state index contributed by atoms with van der Waals surface area (Å²) in [6.07, 6.45) is 5.63. The highest BCUT2D eigenvalue weighted by atomic mass is 14.7.